The Bertz CT molecular complexity index is 806. The molecule has 0 radical (unpaired) electrons. The lowest BCUT2D eigenvalue weighted by Gasteiger charge is -2.20. The van der Waals surface area contributed by atoms with Crippen molar-refractivity contribution in [3.05, 3.63) is 75.5 Å². The van der Waals surface area contributed by atoms with Crippen molar-refractivity contribution in [2.75, 3.05) is 13.1 Å². The second kappa shape index (κ2) is 7.36. The summed E-state index contributed by atoms with van der Waals surface area (Å²) in [6, 6.07) is 11.4. The molecule has 0 N–H and O–H groups in total. The van der Waals surface area contributed by atoms with Crippen molar-refractivity contribution >= 4 is 23.8 Å². The highest BCUT2D eigenvalue weighted by Gasteiger charge is 2.20. The molecule has 1 aromatic carbocycles. The highest BCUT2D eigenvalue weighted by Crippen LogP contribution is 2.19. The number of aromatic nitrogens is 1. The van der Waals surface area contributed by atoms with Gasteiger partial charge in [0, 0.05) is 30.4 Å². The Hall–Kier alpha value is -2.53. The number of carbonyl (C=O) groups excluding carboxylic acids is 1. The van der Waals surface area contributed by atoms with Gasteiger partial charge in [-0.2, -0.15) is 0 Å². The SMILES string of the molecule is O=C(O/C(=C\n1ccccc1=O)N1CCCC1)c1ccc(Cl)cc1. The van der Waals surface area contributed by atoms with Gasteiger partial charge < -0.3 is 9.64 Å². The van der Waals surface area contributed by atoms with Crippen LogP contribution in [0.1, 0.15) is 23.2 Å². The van der Waals surface area contributed by atoms with E-state index in [4.69, 9.17) is 16.3 Å². The van der Waals surface area contributed by atoms with Gasteiger partial charge >= 0.3 is 5.97 Å². The number of rotatable bonds is 4. The third-order valence-corrected chi connectivity index (χ3v) is 4.05. The molecule has 1 aromatic heterocycles. The molecule has 1 fully saturated rings. The summed E-state index contributed by atoms with van der Waals surface area (Å²) in [6.07, 6.45) is 5.25. The fourth-order valence-corrected chi connectivity index (χ4v) is 2.64. The number of esters is 1. The van der Waals surface area contributed by atoms with Gasteiger partial charge in [0.25, 0.3) is 5.56 Å². The Kier molecular flexibility index (Phi) is 5.01. The molecular formula is C18H17ClN2O3. The number of hydrogen-bond donors (Lipinski definition) is 0. The van der Waals surface area contributed by atoms with Crippen LogP contribution in [0.4, 0.5) is 0 Å². The van der Waals surface area contributed by atoms with Crippen LogP contribution in [0, 0.1) is 0 Å². The lowest BCUT2D eigenvalue weighted by Crippen LogP contribution is -2.25. The van der Waals surface area contributed by atoms with Crippen molar-refractivity contribution in [3.8, 4) is 0 Å². The standard InChI is InChI=1S/C18H17ClN2O3/c19-15-8-6-14(7-9-15)18(23)24-17(20-10-3-4-11-20)13-21-12-2-1-5-16(21)22/h1-2,5-9,12-13H,3-4,10-11H2/b17-13-. The van der Waals surface area contributed by atoms with E-state index in [9.17, 15) is 9.59 Å². The smallest absolute Gasteiger partial charge is 0.344 e. The minimum atomic E-state index is -0.478. The zero-order valence-corrected chi connectivity index (χ0v) is 13.8. The first-order valence-corrected chi connectivity index (χ1v) is 8.13. The van der Waals surface area contributed by atoms with E-state index in [1.165, 1.54) is 10.6 Å². The van der Waals surface area contributed by atoms with E-state index < -0.39 is 5.97 Å². The number of halogens is 1. The first-order chi connectivity index (χ1) is 11.6. The molecule has 0 spiro atoms. The fourth-order valence-electron chi connectivity index (χ4n) is 2.52. The van der Waals surface area contributed by atoms with Crippen molar-refractivity contribution in [1.29, 1.82) is 0 Å². The van der Waals surface area contributed by atoms with Crippen LogP contribution in [0.15, 0.2) is 59.3 Å². The van der Waals surface area contributed by atoms with Crippen LogP contribution in [0.2, 0.25) is 5.02 Å². The molecule has 0 atom stereocenters. The average molecular weight is 345 g/mol. The Morgan fingerprint density at radius 1 is 1.08 bits per heavy atom. The summed E-state index contributed by atoms with van der Waals surface area (Å²) in [6.45, 7) is 1.59. The molecule has 5 nitrogen and oxygen atoms in total. The maximum absolute atomic E-state index is 12.4. The van der Waals surface area contributed by atoms with E-state index in [1.807, 2.05) is 4.90 Å². The minimum Gasteiger partial charge on any atom is -0.404 e. The maximum Gasteiger partial charge on any atom is 0.344 e. The number of ether oxygens (including phenoxy) is 1. The number of nitrogens with zero attached hydrogens (tertiary/aromatic N) is 2. The largest absolute Gasteiger partial charge is 0.404 e. The Labute approximate surface area is 144 Å². The van der Waals surface area contributed by atoms with Gasteiger partial charge in [0.15, 0.2) is 0 Å². The molecular weight excluding hydrogens is 328 g/mol. The highest BCUT2D eigenvalue weighted by molar-refractivity contribution is 6.30. The lowest BCUT2D eigenvalue weighted by atomic mass is 10.2. The molecule has 1 saturated heterocycles. The van der Waals surface area contributed by atoms with Crippen molar-refractivity contribution in [3.63, 3.8) is 0 Å². The van der Waals surface area contributed by atoms with Crippen LogP contribution < -0.4 is 5.56 Å². The molecule has 2 aromatic rings. The van der Waals surface area contributed by atoms with Gasteiger partial charge in [-0.15, -0.1) is 0 Å². The molecule has 3 rings (SSSR count). The van der Waals surface area contributed by atoms with Crippen molar-refractivity contribution in [1.82, 2.24) is 9.47 Å². The summed E-state index contributed by atoms with van der Waals surface area (Å²) in [5.74, 6) is -0.102. The average Bonchev–Trinajstić information content (AvgIpc) is 3.11. The maximum atomic E-state index is 12.4. The third-order valence-electron chi connectivity index (χ3n) is 3.80. The van der Waals surface area contributed by atoms with Gasteiger partial charge in [-0.05, 0) is 43.2 Å². The summed E-state index contributed by atoms with van der Waals surface area (Å²) in [5, 5.41) is 0.553. The van der Waals surface area contributed by atoms with Crippen molar-refractivity contribution in [2.45, 2.75) is 12.8 Å². The van der Waals surface area contributed by atoms with Crippen LogP contribution in [0.5, 0.6) is 0 Å². The first-order valence-electron chi connectivity index (χ1n) is 7.75. The van der Waals surface area contributed by atoms with E-state index in [2.05, 4.69) is 0 Å². The second-order valence-corrected chi connectivity index (χ2v) is 5.94. The van der Waals surface area contributed by atoms with Gasteiger partial charge in [-0.25, -0.2) is 4.79 Å². The molecule has 0 saturated carbocycles. The van der Waals surface area contributed by atoms with E-state index in [0.29, 0.717) is 16.5 Å². The summed E-state index contributed by atoms with van der Waals surface area (Å²) >= 11 is 5.84. The number of benzene rings is 1. The molecule has 1 aliphatic heterocycles. The van der Waals surface area contributed by atoms with Crippen LogP contribution in [0.3, 0.4) is 0 Å². The third kappa shape index (κ3) is 3.86. The predicted octanol–water partition coefficient (Wildman–Crippen LogP) is 3.21. The van der Waals surface area contributed by atoms with Crippen LogP contribution in [-0.4, -0.2) is 28.5 Å². The van der Waals surface area contributed by atoms with Crippen LogP contribution in [0.25, 0.3) is 6.20 Å². The monoisotopic (exact) mass is 344 g/mol. The molecule has 24 heavy (non-hydrogen) atoms. The predicted molar refractivity (Wildman–Crippen MR) is 92.6 cm³/mol. The fraction of sp³-hybridized carbons (Fsp3) is 0.222. The van der Waals surface area contributed by atoms with Gasteiger partial charge in [0.1, 0.15) is 0 Å². The van der Waals surface area contributed by atoms with E-state index >= 15 is 0 Å². The van der Waals surface area contributed by atoms with E-state index in [1.54, 1.807) is 48.8 Å². The molecule has 1 aliphatic rings. The summed E-state index contributed by atoms with van der Waals surface area (Å²) < 4.78 is 6.97. The van der Waals surface area contributed by atoms with Gasteiger partial charge in [0.2, 0.25) is 5.88 Å². The van der Waals surface area contributed by atoms with E-state index in [-0.39, 0.29) is 5.56 Å². The molecule has 6 heteroatoms. The zero-order valence-electron chi connectivity index (χ0n) is 13.0. The molecule has 0 unspecified atom stereocenters. The summed E-state index contributed by atoms with van der Waals surface area (Å²) in [7, 11) is 0. The Balaban J connectivity index is 1.88. The van der Waals surface area contributed by atoms with Gasteiger partial charge in [0.05, 0.1) is 11.8 Å². The topological polar surface area (TPSA) is 51.5 Å². The molecule has 124 valence electrons. The number of pyridine rings is 1. The number of likely N-dealkylation sites (tertiary alicyclic amines) is 1. The highest BCUT2D eigenvalue weighted by atomic mass is 35.5. The summed E-state index contributed by atoms with van der Waals surface area (Å²) in [5.41, 5.74) is 0.224. The van der Waals surface area contributed by atoms with Crippen molar-refractivity contribution in [2.24, 2.45) is 0 Å². The number of hydrogen-bond acceptors (Lipinski definition) is 4. The van der Waals surface area contributed by atoms with Crippen LogP contribution >= 0.6 is 11.6 Å². The second-order valence-electron chi connectivity index (χ2n) is 5.50. The molecule has 0 bridgehead atoms. The summed E-state index contributed by atoms with van der Waals surface area (Å²) in [4.78, 5) is 26.3. The first kappa shape index (κ1) is 16.3. The van der Waals surface area contributed by atoms with Gasteiger partial charge in [-0.3, -0.25) is 9.36 Å². The van der Waals surface area contributed by atoms with Gasteiger partial charge in [-0.1, -0.05) is 17.7 Å². The minimum absolute atomic E-state index is 0.184. The molecule has 0 aliphatic carbocycles. The number of carbonyl (C=O) groups is 1. The van der Waals surface area contributed by atoms with Crippen LogP contribution in [-0.2, 0) is 4.74 Å². The van der Waals surface area contributed by atoms with E-state index in [0.717, 1.165) is 25.9 Å². The normalized spacial score (nSPS) is 14.7. The molecule has 2 heterocycles. The lowest BCUT2D eigenvalue weighted by molar-refractivity contribution is 0.0524. The Morgan fingerprint density at radius 2 is 1.79 bits per heavy atom. The molecule has 0 amide bonds. The van der Waals surface area contributed by atoms with Crippen molar-refractivity contribution < 1.29 is 9.53 Å². The Morgan fingerprint density at radius 3 is 2.46 bits per heavy atom. The zero-order chi connectivity index (χ0) is 16.9. The quantitative estimate of drug-likeness (QED) is 0.631.